The predicted molar refractivity (Wildman–Crippen MR) is 105 cm³/mol. The minimum Gasteiger partial charge on any atom is -0.355 e. The fourth-order valence-corrected chi connectivity index (χ4v) is 3.98. The molecule has 1 fully saturated rings. The number of nitrogens with zero attached hydrogens (tertiary/aromatic N) is 7. The molecule has 2 aromatic rings. The van der Waals surface area contributed by atoms with Crippen LogP contribution in [0.1, 0.15) is 45.0 Å². The number of amides is 1. The van der Waals surface area contributed by atoms with Gasteiger partial charge in [0.1, 0.15) is 5.82 Å². The molecule has 0 atom stereocenters. The van der Waals surface area contributed by atoms with Gasteiger partial charge in [0.15, 0.2) is 5.16 Å². The average molecular weight is 411 g/mol. The van der Waals surface area contributed by atoms with Gasteiger partial charge in [-0.05, 0) is 41.9 Å². The van der Waals surface area contributed by atoms with E-state index in [0.717, 1.165) is 48.4 Å². The molecule has 0 aromatic carbocycles. The highest BCUT2D eigenvalue weighted by molar-refractivity contribution is 7.99. The van der Waals surface area contributed by atoms with Crippen molar-refractivity contribution in [1.29, 1.82) is 0 Å². The quantitative estimate of drug-likeness (QED) is 0.442. The van der Waals surface area contributed by atoms with E-state index in [4.69, 9.17) is 0 Å². The third kappa shape index (κ3) is 5.68. The summed E-state index contributed by atoms with van der Waals surface area (Å²) in [7, 11) is 0. The summed E-state index contributed by atoms with van der Waals surface area (Å²) in [4.78, 5) is 12.1. The lowest BCUT2D eigenvalue weighted by molar-refractivity contribution is -0.118. The summed E-state index contributed by atoms with van der Waals surface area (Å²) >= 11 is 3.00. The summed E-state index contributed by atoms with van der Waals surface area (Å²) in [5.74, 6) is 1.85. The van der Waals surface area contributed by atoms with Crippen molar-refractivity contribution in [3.8, 4) is 0 Å². The van der Waals surface area contributed by atoms with Crippen molar-refractivity contribution < 1.29 is 4.79 Å². The van der Waals surface area contributed by atoms with Crippen molar-refractivity contribution in [1.82, 2.24) is 40.3 Å². The number of rotatable bonds is 11. The van der Waals surface area contributed by atoms with E-state index in [9.17, 15) is 4.79 Å². The third-order valence-electron chi connectivity index (χ3n) is 4.11. The summed E-state index contributed by atoms with van der Waals surface area (Å²) in [6, 6.07) is 0.417. The number of nitrogens with one attached hydrogen (secondary N) is 1. The standard InChI is InChI=1S/C16H26N8OS2/c1-11(2)9-23-13(18-19-15(23)26-3)5-4-8-17-14(25)10-27-16-20-21-22-24(16)12-6-7-12/h11-12H,4-10H2,1-3H3,(H,17,25). The van der Waals surface area contributed by atoms with E-state index in [1.165, 1.54) is 11.8 Å². The fourth-order valence-electron chi connectivity index (χ4n) is 2.69. The zero-order chi connectivity index (χ0) is 19.2. The number of aromatic nitrogens is 7. The van der Waals surface area contributed by atoms with E-state index in [1.54, 1.807) is 11.8 Å². The van der Waals surface area contributed by atoms with Crippen LogP contribution in [-0.2, 0) is 17.8 Å². The Labute approximate surface area is 167 Å². The highest BCUT2D eigenvalue weighted by atomic mass is 32.2. The molecular weight excluding hydrogens is 384 g/mol. The maximum absolute atomic E-state index is 12.1. The number of carbonyl (C=O) groups excluding carboxylic acids is 1. The summed E-state index contributed by atoms with van der Waals surface area (Å²) in [6.07, 6.45) is 5.88. The Morgan fingerprint density at radius 2 is 2.07 bits per heavy atom. The lowest BCUT2D eigenvalue weighted by Crippen LogP contribution is -2.27. The van der Waals surface area contributed by atoms with Crippen LogP contribution in [0.3, 0.4) is 0 Å². The zero-order valence-electron chi connectivity index (χ0n) is 16.0. The molecule has 9 nitrogen and oxygen atoms in total. The molecule has 11 heteroatoms. The number of carbonyl (C=O) groups is 1. The summed E-state index contributed by atoms with van der Waals surface area (Å²) in [6.45, 7) is 5.91. The van der Waals surface area contributed by atoms with Crippen LogP contribution < -0.4 is 5.32 Å². The zero-order valence-corrected chi connectivity index (χ0v) is 17.6. The minimum absolute atomic E-state index is 0.00111. The Balaban J connectivity index is 1.39. The normalized spacial score (nSPS) is 14.1. The van der Waals surface area contributed by atoms with Gasteiger partial charge in [-0.15, -0.1) is 15.3 Å². The van der Waals surface area contributed by atoms with Gasteiger partial charge in [-0.25, -0.2) is 4.68 Å². The first kappa shape index (κ1) is 20.1. The second-order valence-electron chi connectivity index (χ2n) is 6.99. The van der Waals surface area contributed by atoms with Crippen LogP contribution in [0.2, 0.25) is 0 Å². The van der Waals surface area contributed by atoms with Crippen molar-refractivity contribution in [2.75, 3.05) is 18.6 Å². The van der Waals surface area contributed by atoms with Crippen molar-refractivity contribution >= 4 is 29.4 Å². The van der Waals surface area contributed by atoms with E-state index < -0.39 is 0 Å². The maximum atomic E-state index is 12.1. The second-order valence-corrected chi connectivity index (χ2v) is 8.70. The van der Waals surface area contributed by atoms with Crippen LogP contribution >= 0.6 is 23.5 Å². The first-order valence-electron chi connectivity index (χ1n) is 9.22. The highest BCUT2D eigenvalue weighted by Crippen LogP contribution is 2.36. The van der Waals surface area contributed by atoms with Crippen LogP contribution in [0.4, 0.5) is 0 Å². The molecule has 1 aliphatic rings. The molecule has 1 saturated carbocycles. The number of aryl methyl sites for hydroxylation is 1. The molecule has 27 heavy (non-hydrogen) atoms. The Bertz CT molecular complexity index is 755. The van der Waals surface area contributed by atoms with Crippen molar-refractivity contribution in [2.24, 2.45) is 5.92 Å². The largest absolute Gasteiger partial charge is 0.355 e. The minimum atomic E-state index is -0.00111. The van der Waals surface area contributed by atoms with Gasteiger partial charge < -0.3 is 9.88 Å². The molecular formula is C16H26N8OS2. The van der Waals surface area contributed by atoms with Crippen LogP contribution in [0.25, 0.3) is 0 Å². The molecule has 0 saturated heterocycles. The smallest absolute Gasteiger partial charge is 0.230 e. The summed E-state index contributed by atoms with van der Waals surface area (Å²) in [5, 5.41) is 24.9. The lowest BCUT2D eigenvalue weighted by Gasteiger charge is -2.11. The van der Waals surface area contributed by atoms with Crippen molar-refractivity contribution in [2.45, 2.75) is 62.4 Å². The molecule has 1 N–H and O–H groups in total. The Morgan fingerprint density at radius 1 is 1.26 bits per heavy atom. The van der Waals surface area contributed by atoms with Gasteiger partial charge in [-0.3, -0.25) is 4.79 Å². The monoisotopic (exact) mass is 410 g/mol. The third-order valence-corrected chi connectivity index (χ3v) is 5.71. The van der Waals surface area contributed by atoms with Crippen LogP contribution in [-0.4, -0.2) is 59.4 Å². The Morgan fingerprint density at radius 3 is 2.78 bits per heavy atom. The highest BCUT2D eigenvalue weighted by Gasteiger charge is 2.28. The Hall–Kier alpha value is -1.62. The SMILES string of the molecule is CSc1nnc(CCCNC(=O)CSc2nnnn2C2CC2)n1CC(C)C. The Kier molecular flexibility index (Phi) is 7.11. The summed E-state index contributed by atoms with van der Waals surface area (Å²) in [5.41, 5.74) is 0. The van der Waals surface area contributed by atoms with E-state index in [0.29, 0.717) is 24.3 Å². The number of hydrogen-bond donors (Lipinski definition) is 1. The molecule has 148 valence electrons. The molecule has 0 unspecified atom stereocenters. The van der Waals surface area contributed by atoms with E-state index >= 15 is 0 Å². The molecule has 1 amide bonds. The van der Waals surface area contributed by atoms with Crippen LogP contribution in [0.15, 0.2) is 10.3 Å². The number of thioether (sulfide) groups is 2. The van der Waals surface area contributed by atoms with Crippen molar-refractivity contribution in [3.05, 3.63) is 5.82 Å². The van der Waals surface area contributed by atoms with Gasteiger partial charge in [-0.1, -0.05) is 37.4 Å². The van der Waals surface area contributed by atoms with E-state index in [-0.39, 0.29) is 5.91 Å². The molecule has 0 aliphatic heterocycles. The number of tetrazole rings is 1. The van der Waals surface area contributed by atoms with Gasteiger partial charge in [-0.2, -0.15) is 0 Å². The first-order valence-corrected chi connectivity index (χ1v) is 11.4. The molecule has 2 aromatic heterocycles. The molecule has 0 bridgehead atoms. The molecule has 0 spiro atoms. The van der Waals surface area contributed by atoms with Gasteiger partial charge in [0.05, 0.1) is 11.8 Å². The van der Waals surface area contributed by atoms with Gasteiger partial charge in [0.25, 0.3) is 0 Å². The van der Waals surface area contributed by atoms with E-state index in [2.05, 4.69) is 49.5 Å². The topological polar surface area (TPSA) is 103 Å². The molecule has 2 heterocycles. The van der Waals surface area contributed by atoms with Crippen LogP contribution in [0.5, 0.6) is 0 Å². The van der Waals surface area contributed by atoms with E-state index in [1.807, 2.05) is 10.9 Å². The van der Waals surface area contributed by atoms with Crippen LogP contribution in [0, 0.1) is 5.92 Å². The summed E-state index contributed by atoms with van der Waals surface area (Å²) < 4.78 is 4.01. The van der Waals surface area contributed by atoms with Gasteiger partial charge in [0, 0.05) is 19.5 Å². The average Bonchev–Trinajstić information content (AvgIpc) is 3.26. The maximum Gasteiger partial charge on any atom is 0.230 e. The predicted octanol–water partition coefficient (Wildman–Crippen LogP) is 1.82. The fraction of sp³-hybridized carbons (Fsp3) is 0.750. The lowest BCUT2D eigenvalue weighted by atomic mass is 10.2. The van der Waals surface area contributed by atoms with Gasteiger partial charge >= 0.3 is 0 Å². The second kappa shape index (κ2) is 9.54. The molecule has 1 aliphatic carbocycles. The van der Waals surface area contributed by atoms with Gasteiger partial charge in [0.2, 0.25) is 11.1 Å². The van der Waals surface area contributed by atoms with Crippen molar-refractivity contribution in [3.63, 3.8) is 0 Å². The molecule has 3 rings (SSSR count). The number of hydrogen-bond acceptors (Lipinski definition) is 8. The molecule has 0 radical (unpaired) electrons. The first-order chi connectivity index (χ1) is 13.1.